The van der Waals surface area contributed by atoms with Crippen molar-refractivity contribution in [2.45, 2.75) is 78.3 Å². The highest BCUT2D eigenvalue weighted by Crippen LogP contribution is 2.11. The minimum absolute atomic E-state index is 1.02. The lowest BCUT2D eigenvalue weighted by atomic mass is 10.2. The maximum absolute atomic E-state index is 4.53. The van der Waals surface area contributed by atoms with Crippen molar-refractivity contribution in [2.24, 2.45) is 0 Å². The smallest absolute Gasteiger partial charge is 0.237 e. The Balaban J connectivity index is 1.63. The van der Waals surface area contributed by atoms with Gasteiger partial charge in [0.25, 0.3) is 12.7 Å². The number of unbranched alkanes of at least 4 members (excludes halogenated alkanes) is 6. The van der Waals surface area contributed by atoms with Crippen LogP contribution in [0, 0.1) is 0 Å². The molecule has 28 heavy (non-hydrogen) atoms. The van der Waals surface area contributed by atoms with E-state index in [1.165, 1.54) is 51.4 Å². The molecule has 0 atom stereocenters. The van der Waals surface area contributed by atoms with Crippen molar-refractivity contribution in [3.63, 3.8) is 0 Å². The molecule has 2 heterocycles. The van der Waals surface area contributed by atoms with Crippen molar-refractivity contribution in [2.75, 3.05) is 0 Å². The first-order chi connectivity index (χ1) is 13.8. The van der Waals surface area contributed by atoms with Gasteiger partial charge in [0.05, 0.1) is 13.1 Å². The van der Waals surface area contributed by atoms with Crippen molar-refractivity contribution >= 4 is 0 Å². The second kappa shape index (κ2) is 10.7. The largest absolute Gasteiger partial charge is 0.265 e. The molecule has 0 aliphatic rings. The SMILES string of the molecule is CCCCCC[n+]1cnn(-c2cccc(-n3c[n+](CCCCCC)cn3)c2)c1. The Kier molecular flexibility index (Phi) is 7.76. The van der Waals surface area contributed by atoms with Crippen molar-refractivity contribution < 1.29 is 9.13 Å². The first kappa shape index (κ1) is 20.2. The summed E-state index contributed by atoms with van der Waals surface area (Å²) in [5.41, 5.74) is 2.10. The van der Waals surface area contributed by atoms with Crippen LogP contribution in [0.25, 0.3) is 11.4 Å². The van der Waals surface area contributed by atoms with E-state index in [1.54, 1.807) is 0 Å². The van der Waals surface area contributed by atoms with Gasteiger partial charge in [-0.25, -0.2) is 9.13 Å². The fraction of sp³-hybridized carbons (Fsp3) is 0.545. The second-order valence-corrected chi connectivity index (χ2v) is 7.50. The summed E-state index contributed by atoms with van der Waals surface area (Å²) in [7, 11) is 0. The van der Waals surface area contributed by atoms with Crippen LogP contribution >= 0.6 is 0 Å². The molecule has 1 aromatic carbocycles. The molecule has 6 heteroatoms. The summed E-state index contributed by atoms with van der Waals surface area (Å²) in [4.78, 5) is 0. The summed E-state index contributed by atoms with van der Waals surface area (Å²) in [6.07, 6.45) is 18.1. The Labute approximate surface area is 168 Å². The van der Waals surface area contributed by atoms with Gasteiger partial charge in [0.15, 0.2) is 0 Å². The van der Waals surface area contributed by atoms with E-state index in [9.17, 15) is 0 Å². The monoisotopic (exact) mass is 382 g/mol. The van der Waals surface area contributed by atoms with Gasteiger partial charge in [-0.15, -0.1) is 0 Å². The molecule has 0 aliphatic carbocycles. The van der Waals surface area contributed by atoms with E-state index in [0.29, 0.717) is 0 Å². The van der Waals surface area contributed by atoms with Gasteiger partial charge in [-0.2, -0.15) is 0 Å². The van der Waals surface area contributed by atoms with E-state index in [2.05, 4.69) is 70.1 Å². The molecule has 0 bridgehead atoms. The lowest BCUT2D eigenvalue weighted by Gasteiger charge is -1.98. The van der Waals surface area contributed by atoms with Crippen molar-refractivity contribution in [3.05, 3.63) is 49.6 Å². The topological polar surface area (TPSA) is 43.4 Å². The summed E-state index contributed by atoms with van der Waals surface area (Å²) in [5.74, 6) is 0. The molecule has 0 amide bonds. The fourth-order valence-electron chi connectivity index (χ4n) is 3.36. The zero-order valence-corrected chi connectivity index (χ0v) is 17.4. The van der Waals surface area contributed by atoms with Crippen molar-refractivity contribution in [3.8, 4) is 11.4 Å². The number of hydrogen-bond acceptors (Lipinski definition) is 2. The lowest BCUT2D eigenvalue weighted by Crippen LogP contribution is -2.31. The van der Waals surface area contributed by atoms with Gasteiger partial charge in [0.2, 0.25) is 12.7 Å². The second-order valence-electron chi connectivity index (χ2n) is 7.50. The van der Waals surface area contributed by atoms with Gasteiger partial charge in [-0.3, -0.25) is 0 Å². The van der Waals surface area contributed by atoms with Gasteiger partial charge < -0.3 is 0 Å². The van der Waals surface area contributed by atoms with Crippen LogP contribution in [-0.4, -0.2) is 19.6 Å². The van der Waals surface area contributed by atoms with E-state index in [4.69, 9.17) is 0 Å². The Bertz CT molecular complexity index is 769. The molecule has 3 rings (SSSR count). The van der Waals surface area contributed by atoms with Crippen molar-refractivity contribution in [1.29, 1.82) is 0 Å². The molecular formula is C22H34N6+2. The van der Waals surface area contributed by atoms with Crippen LogP contribution in [0.2, 0.25) is 0 Å². The van der Waals surface area contributed by atoms with Gasteiger partial charge >= 0.3 is 0 Å². The molecule has 0 N–H and O–H groups in total. The summed E-state index contributed by atoms with van der Waals surface area (Å²) < 4.78 is 8.21. The third kappa shape index (κ3) is 5.75. The first-order valence-corrected chi connectivity index (χ1v) is 10.8. The normalized spacial score (nSPS) is 11.2. The van der Waals surface area contributed by atoms with E-state index in [1.807, 2.05) is 22.0 Å². The average molecular weight is 383 g/mol. The predicted octanol–water partition coefficient (Wildman–Crippen LogP) is 3.79. The molecule has 3 aromatic rings. The number of benzene rings is 1. The molecule has 150 valence electrons. The number of aryl methyl sites for hydroxylation is 2. The molecule has 2 aromatic heterocycles. The van der Waals surface area contributed by atoms with E-state index in [-0.39, 0.29) is 0 Å². The summed E-state index contributed by atoms with van der Waals surface area (Å²) >= 11 is 0. The van der Waals surface area contributed by atoms with Gasteiger partial charge in [0.1, 0.15) is 11.4 Å². The first-order valence-electron chi connectivity index (χ1n) is 10.8. The third-order valence-corrected chi connectivity index (χ3v) is 5.06. The van der Waals surface area contributed by atoms with Crippen LogP contribution in [0.5, 0.6) is 0 Å². The Morgan fingerprint density at radius 3 is 1.68 bits per heavy atom. The highest BCUT2D eigenvalue weighted by Gasteiger charge is 2.13. The molecule has 6 nitrogen and oxygen atoms in total. The molecule has 0 aliphatic heterocycles. The van der Waals surface area contributed by atoms with Crippen LogP contribution in [0.4, 0.5) is 0 Å². The van der Waals surface area contributed by atoms with Crippen LogP contribution in [0.15, 0.2) is 49.6 Å². The van der Waals surface area contributed by atoms with Crippen LogP contribution < -0.4 is 9.13 Å². The molecule has 0 unspecified atom stereocenters. The maximum Gasteiger partial charge on any atom is 0.265 e. The van der Waals surface area contributed by atoms with Crippen LogP contribution in [0.1, 0.15) is 65.2 Å². The van der Waals surface area contributed by atoms with Gasteiger partial charge in [-0.1, -0.05) is 67.8 Å². The van der Waals surface area contributed by atoms with Crippen LogP contribution in [-0.2, 0) is 13.1 Å². The molecule has 0 spiro atoms. The van der Waals surface area contributed by atoms with E-state index in [0.717, 1.165) is 24.5 Å². The molecule has 0 radical (unpaired) electrons. The van der Waals surface area contributed by atoms with Crippen molar-refractivity contribution in [1.82, 2.24) is 19.6 Å². The van der Waals surface area contributed by atoms with Gasteiger partial charge in [-0.05, 0) is 25.0 Å². The standard InChI is InChI=1S/C22H34N6/c1-3-5-7-9-14-25-17-23-27(19-25)21-12-11-13-22(16-21)28-20-26(18-24-28)15-10-8-6-4-2/h11-13,16-20H,3-10,14-15H2,1-2H3/q+2. The lowest BCUT2D eigenvalue weighted by molar-refractivity contribution is -0.698. The predicted molar refractivity (Wildman–Crippen MR) is 109 cm³/mol. The summed E-state index contributed by atoms with van der Waals surface area (Å²) in [6.45, 7) is 6.53. The maximum atomic E-state index is 4.53. The zero-order valence-electron chi connectivity index (χ0n) is 17.4. The fourth-order valence-corrected chi connectivity index (χ4v) is 3.36. The number of aromatic nitrogens is 6. The highest BCUT2D eigenvalue weighted by molar-refractivity contribution is 5.41. The van der Waals surface area contributed by atoms with E-state index >= 15 is 0 Å². The minimum atomic E-state index is 1.02. The molecule has 0 saturated heterocycles. The Morgan fingerprint density at radius 1 is 0.714 bits per heavy atom. The highest BCUT2D eigenvalue weighted by atomic mass is 15.4. The Morgan fingerprint density at radius 2 is 1.21 bits per heavy atom. The molecular weight excluding hydrogens is 348 g/mol. The summed E-state index contributed by atoms with van der Waals surface area (Å²) in [5, 5.41) is 9.06. The number of hydrogen-bond donors (Lipinski definition) is 0. The zero-order chi connectivity index (χ0) is 19.6. The molecule has 0 fully saturated rings. The number of nitrogens with zero attached hydrogens (tertiary/aromatic N) is 6. The quantitative estimate of drug-likeness (QED) is 0.353. The van der Waals surface area contributed by atoms with E-state index < -0.39 is 0 Å². The van der Waals surface area contributed by atoms with Gasteiger partial charge in [0, 0.05) is 16.3 Å². The molecule has 0 saturated carbocycles. The minimum Gasteiger partial charge on any atom is -0.237 e. The number of rotatable bonds is 12. The van der Waals surface area contributed by atoms with Crippen LogP contribution in [0.3, 0.4) is 0 Å². The average Bonchev–Trinajstić information content (AvgIpc) is 3.39. The Hall–Kier alpha value is -2.50. The third-order valence-electron chi connectivity index (χ3n) is 5.06. The summed E-state index contributed by atoms with van der Waals surface area (Å²) in [6, 6.07) is 8.36.